The Kier molecular flexibility index (Phi) is 9.69. The molecule has 2 aliphatic heterocycles. The number of hydrogen-bond acceptors (Lipinski definition) is 2. The molecule has 0 N–H and O–H groups in total. The Morgan fingerprint density at radius 1 is 0.765 bits per heavy atom. The number of benzene rings is 1. The number of allylic oxidation sites excluding steroid dienone is 2. The maximum Gasteiger partial charge on any atom is 0.145 e. The standard InChI is InChI=1S/C28H36Cl2N2O2/c1-23(29)25(3)31(15-19-33-20-16-31)13-5-7-27-9-11-28(12-10-27)8-6-14-32(26(4)24(2)30)17-21-34-22-18-32/h9-12,23-24H,3-4,13-22H2,1-2H3/q+2. The van der Waals surface area contributed by atoms with E-state index < -0.39 is 0 Å². The number of hydrogen-bond donors (Lipinski definition) is 0. The van der Waals surface area contributed by atoms with E-state index in [0.717, 1.165) is 48.7 Å². The first kappa shape index (κ1) is 26.8. The van der Waals surface area contributed by atoms with Crippen molar-refractivity contribution in [2.75, 3.05) is 65.7 Å². The second kappa shape index (κ2) is 12.3. The van der Waals surface area contributed by atoms with Gasteiger partial charge in [-0.05, 0) is 63.1 Å². The van der Waals surface area contributed by atoms with Crippen molar-refractivity contribution in [3.8, 4) is 23.7 Å². The predicted molar refractivity (Wildman–Crippen MR) is 140 cm³/mol. The number of morpholine rings is 2. The molecule has 2 aliphatic rings. The Hall–Kier alpha value is -1.76. The molecule has 0 amide bonds. The van der Waals surface area contributed by atoms with Crippen LogP contribution in [0, 0.1) is 23.7 Å². The van der Waals surface area contributed by atoms with Crippen molar-refractivity contribution >= 4 is 23.2 Å². The fourth-order valence-electron chi connectivity index (χ4n) is 4.46. The van der Waals surface area contributed by atoms with Crippen LogP contribution < -0.4 is 0 Å². The van der Waals surface area contributed by atoms with Gasteiger partial charge in [0.25, 0.3) is 0 Å². The highest BCUT2D eigenvalue weighted by atomic mass is 35.5. The van der Waals surface area contributed by atoms with Crippen LogP contribution in [0.15, 0.2) is 48.8 Å². The molecule has 0 radical (unpaired) electrons. The lowest BCUT2D eigenvalue weighted by Crippen LogP contribution is -2.55. The largest absolute Gasteiger partial charge is 0.370 e. The van der Waals surface area contributed by atoms with Crippen LogP contribution in [-0.4, -0.2) is 85.4 Å². The summed E-state index contributed by atoms with van der Waals surface area (Å²) in [5, 5.41) is -0.192. The average molecular weight is 504 g/mol. The highest BCUT2D eigenvalue weighted by molar-refractivity contribution is 6.22. The number of nitrogens with zero attached hydrogens (tertiary/aromatic N) is 2. The van der Waals surface area contributed by atoms with Gasteiger partial charge in [0, 0.05) is 11.1 Å². The van der Waals surface area contributed by atoms with E-state index in [0.29, 0.717) is 48.5 Å². The van der Waals surface area contributed by atoms with Gasteiger partial charge in [0.1, 0.15) is 61.4 Å². The van der Waals surface area contributed by atoms with Gasteiger partial charge in [-0.2, -0.15) is 0 Å². The van der Waals surface area contributed by atoms with Crippen molar-refractivity contribution in [1.29, 1.82) is 0 Å². The molecule has 0 bridgehead atoms. The summed E-state index contributed by atoms with van der Waals surface area (Å²) in [6.45, 7) is 20.1. The van der Waals surface area contributed by atoms with Gasteiger partial charge in [0.15, 0.2) is 0 Å². The summed E-state index contributed by atoms with van der Waals surface area (Å²) in [6, 6.07) is 8.11. The first-order valence-electron chi connectivity index (χ1n) is 11.9. The van der Waals surface area contributed by atoms with Crippen molar-refractivity contribution in [3.05, 3.63) is 59.9 Å². The van der Waals surface area contributed by atoms with E-state index in [1.807, 2.05) is 38.1 Å². The zero-order valence-corrected chi connectivity index (χ0v) is 21.9. The lowest BCUT2D eigenvalue weighted by molar-refractivity contribution is -0.893. The second-order valence-electron chi connectivity index (χ2n) is 9.12. The van der Waals surface area contributed by atoms with E-state index in [-0.39, 0.29) is 10.8 Å². The molecule has 2 fully saturated rings. The van der Waals surface area contributed by atoms with Gasteiger partial charge in [-0.3, -0.25) is 8.97 Å². The molecule has 0 aliphatic carbocycles. The first-order chi connectivity index (χ1) is 16.3. The van der Waals surface area contributed by atoms with Crippen molar-refractivity contribution < 1.29 is 18.4 Å². The zero-order chi connectivity index (χ0) is 24.6. The minimum absolute atomic E-state index is 0.0959. The number of rotatable bonds is 6. The van der Waals surface area contributed by atoms with Gasteiger partial charge >= 0.3 is 0 Å². The van der Waals surface area contributed by atoms with E-state index in [1.165, 1.54) is 0 Å². The van der Waals surface area contributed by atoms with Crippen LogP contribution >= 0.6 is 23.2 Å². The molecule has 3 rings (SSSR count). The molecule has 0 aromatic heterocycles. The van der Waals surface area contributed by atoms with Crippen LogP contribution in [0.4, 0.5) is 0 Å². The van der Waals surface area contributed by atoms with Crippen molar-refractivity contribution in [2.45, 2.75) is 24.6 Å². The van der Waals surface area contributed by atoms with Gasteiger partial charge in [0.05, 0.1) is 26.4 Å². The molecule has 2 heterocycles. The molecule has 0 saturated carbocycles. The molecule has 34 heavy (non-hydrogen) atoms. The molecule has 182 valence electrons. The normalized spacial score (nSPS) is 20.6. The van der Waals surface area contributed by atoms with E-state index in [9.17, 15) is 0 Å². The zero-order valence-electron chi connectivity index (χ0n) is 20.4. The molecule has 4 nitrogen and oxygen atoms in total. The minimum atomic E-state index is -0.0959. The highest BCUT2D eigenvalue weighted by Crippen LogP contribution is 2.25. The Morgan fingerprint density at radius 3 is 1.38 bits per heavy atom. The summed E-state index contributed by atoms with van der Waals surface area (Å²) < 4.78 is 12.5. The van der Waals surface area contributed by atoms with Gasteiger partial charge in [-0.1, -0.05) is 11.8 Å². The van der Waals surface area contributed by atoms with Crippen molar-refractivity contribution in [2.24, 2.45) is 0 Å². The monoisotopic (exact) mass is 502 g/mol. The average Bonchev–Trinajstić information content (AvgIpc) is 2.85. The maximum absolute atomic E-state index is 6.36. The molecule has 2 saturated heterocycles. The molecule has 1 aromatic rings. The molecule has 2 unspecified atom stereocenters. The third kappa shape index (κ3) is 6.67. The van der Waals surface area contributed by atoms with Crippen LogP contribution in [0.1, 0.15) is 25.0 Å². The fraction of sp³-hybridized carbons (Fsp3) is 0.500. The lowest BCUT2D eigenvalue weighted by Gasteiger charge is -2.41. The quantitative estimate of drug-likeness (QED) is 0.326. The molecule has 1 aromatic carbocycles. The fourth-order valence-corrected chi connectivity index (χ4v) is 4.87. The van der Waals surface area contributed by atoms with Gasteiger partial charge < -0.3 is 9.47 Å². The maximum atomic E-state index is 6.36. The van der Waals surface area contributed by atoms with Crippen molar-refractivity contribution in [1.82, 2.24) is 0 Å². The molecular weight excluding hydrogens is 467 g/mol. The summed E-state index contributed by atoms with van der Waals surface area (Å²) >= 11 is 12.7. The van der Waals surface area contributed by atoms with Gasteiger partial charge in [0.2, 0.25) is 0 Å². The summed E-state index contributed by atoms with van der Waals surface area (Å²) in [6.07, 6.45) is 0. The summed E-state index contributed by atoms with van der Waals surface area (Å²) in [5.41, 5.74) is 3.97. The first-order valence-corrected chi connectivity index (χ1v) is 12.8. The molecular formula is C28H36Cl2N2O2+2. The molecule has 6 heteroatoms. The van der Waals surface area contributed by atoms with Gasteiger partial charge in [-0.25, -0.2) is 0 Å². The number of alkyl halides is 2. The Labute approximate surface area is 215 Å². The van der Waals surface area contributed by atoms with Crippen LogP contribution in [-0.2, 0) is 9.47 Å². The lowest BCUT2D eigenvalue weighted by atomic mass is 10.1. The van der Waals surface area contributed by atoms with Crippen LogP contribution in [0.3, 0.4) is 0 Å². The van der Waals surface area contributed by atoms with E-state index >= 15 is 0 Å². The Bertz CT molecular complexity index is 900. The van der Waals surface area contributed by atoms with Gasteiger partial charge in [-0.15, -0.1) is 23.2 Å². The van der Waals surface area contributed by atoms with Crippen LogP contribution in [0.5, 0.6) is 0 Å². The SMILES string of the molecule is C=C(C(C)Cl)[N+]1(CC#Cc2ccc(C#CC[N+]3(C(=C)C(C)Cl)CCOCC3)cc2)CCOCC1. The van der Waals surface area contributed by atoms with E-state index in [4.69, 9.17) is 32.7 Å². The third-order valence-corrected chi connectivity index (χ3v) is 7.41. The van der Waals surface area contributed by atoms with Crippen LogP contribution in [0.25, 0.3) is 0 Å². The highest BCUT2D eigenvalue weighted by Gasteiger charge is 2.36. The Morgan fingerprint density at radius 2 is 1.09 bits per heavy atom. The summed E-state index contributed by atoms with van der Waals surface area (Å²) in [4.78, 5) is 0. The Balaban J connectivity index is 1.65. The van der Waals surface area contributed by atoms with Crippen molar-refractivity contribution in [3.63, 3.8) is 0 Å². The van der Waals surface area contributed by atoms with E-state index in [2.05, 4.69) is 36.8 Å². The van der Waals surface area contributed by atoms with E-state index in [1.54, 1.807) is 0 Å². The predicted octanol–water partition coefficient (Wildman–Crippen LogP) is 4.37. The molecule has 2 atom stereocenters. The number of ether oxygens (including phenoxy) is 2. The summed E-state index contributed by atoms with van der Waals surface area (Å²) in [7, 11) is 0. The number of halogens is 2. The smallest absolute Gasteiger partial charge is 0.145 e. The second-order valence-corrected chi connectivity index (χ2v) is 10.4. The number of quaternary nitrogens is 2. The topological polar surface area (TPSA) is 18.5 Å². The molecule has 0 spiro atoms. The van der Waals surface area contributed by atoms with Crippen LogP contribution in [0.2, 0.25) is 0 Å². The summed E-state index contributed by atoms with van der Waals surface area (Å²) in [5.74, 6) is 13.3. The minimum Gasteiger partial charge on any atom is -0.370 e. The third-order valence-electron chi connectivity index (χ3n) is 6.91.